The van der Waals surface area contributed by atoms with Crippen LogP contribution in [0.5, 0.6) is 0 Å². The maximum Gasteiger partial charge on any atom is 0.328 e. The summed E-state index contributed by atoms with van der Waals surface area (Å²) >= 11 is 1.20. The van der Waals surface area contributed by atoms with Crippen LogP contribution < -0.4 is 5.32 Å². The Morgan fingerprint density at radius 2 is 2.05 bits per heavy atom. The fourth-order valence-electron chi connectivity index (χ4n) is 1.35. The molecule has 0 bridgehead atoms. The van der Waals surface area contributed by atoms with Crippen LogP contribution in [0.25, 0.3) is 0 Å². The van der Waals surface area contributed by atoms with Crippen molar-refractivity contribution in [1.29, 1.82) is 0 Å². The van der Waals surface area contributed by atoms with Crippen molar-refractivity contribution in [2.24, 2.45) is 5.92 Å². The number of aliphatic hydroxyl groups excluding tert-OH is 2. The Morgan fingerprint density at radius 1 is 1.42 bits per heavy atom. The number of methoxy groups -OCH3 is 1. The van der Waals surface area contributed by atoms with E-state index in [1.807, 2.05) is 13.8 Å². The van der Waals surface area contributed by atoms with Crippen molar-refractivity contribution in [2.75, 3.05) is 25.2 Å². The summed E-state index contributed by atoms with van der Waals surface area (Å²) in [5, 5.41) is 20.4. The molecule has 0 radical (unpaired) electrons. The van der Waals surface area contributed by atoms with Gasteiger partial charge in [-0.3, -0.25) is 4.79 Å². The first-order valence-electron chi connectivity index (χ1n) is 6.20. The summed E-state index contributed by atoms with van der Waals surface area (Å²) in [5.74, 6) is -0.352. The molecule has 0 aromatic heterocycles. The molecule has 3 atom stereocenters. The first-order valence-corrected chi connectivity index (χ1v) is 7.35. The minimum absolute atomic E-state index is 0.00979. The average Bonchev–Trinajstić information content (AvgIpc) is 2.42. The number of nitrogens with one attached hydrogen (secondary N) is 1. The summed E-state index contributed by atoms with van der Waals surface area (Å²) in [6.07, 6.45) is -0.0834. The van der Waals surface area contributed by atoms with E-state index in [0.29, 0.717) is 0 Å². The molecule has 7 heteroatoms. The summed E-state index contributed by atoms with van der Waals surface area (Å²) in [5.41, 5.74) is 0. The third-order valence-electron chi connectivity index (χ3n) is 2.74. The van der Waals surface area contributed by atoms with Gasteiger partial charge in [-0.2, -0.15) is 0 Å². The van der Waals surface area contributed by atoms with E-state index in [0.717, 1.165) is 6.42 Å². The second-order valence-corrected chi connectivity index (χ2v) is 5.34. The highest BCUT2D eigenvalue weighted by atomic mass is 32.2. The Morgan fingerprint density at radius 3 is 2.53 bits per heavy atom. The fraction of sp³-hybridized carbons (Fsp3) is 0.833. The van der Waals surface area contributed by atoms with Gasteiger partial charge < -0.3 is 20.3 Å². The fourth-order valence-corrected chi connectivity index (χ4v) is 2.12. The molecule has 112 valence electrons. The van der Waals surface area contributed by atoms with Crippen molar-refractivity contribution in [3.63, 3.8) is 0 Å². The Kier molecular flexibility index (Phi) is 9.63. The zero-order chi connectivity index (χ0) is 14.8. The van der Waals surface area contributed by atoms with Crippen molar-refractivity contribution in [2.45, 2.75) is 32.4 Å². The Labute approximate surface area is 117 Å². The summed E-state index contributed by atoms with van der Waals surface area (Å²) in [4.78, 5) is 23.2. The van der Waals surface area contributed by atoms with Crippen LogP contribution in [-0.2, 0) is 14.3 Å². The maximum absolute atomic E-state index is 11.7. The van der Waals surface area contributed by atoms with Gasteiger partial charge in [0.25, 0.3) is 0 Å². The third kappa shape index (κ3) is 7.39. The van der Waals surface area contributed by atoms with Crippen molar-refractivity contribution in [3.05, 3.63) is 0 Å². The molecule has 0 heterocycles. The van der Waals surface area contributed by atoms with Crippen molar-refractivity contribution in [3.8, 4) is 0 Å². The molecule has 6 nitrogen and oxygen atoms in total. The van der Waals surface area contributed by atoms with Crippen LogP contribution in [0.15, 0.2) is 0 Å². The molecule has 0 aromatic carbocycles. The van der Waals surface area contributed by atoms with E-state index in [2.05, 4.69) is 10.1 Å². The predicted octanol–water partition coefficient (Wildman–Crippen LogP) is -0.223. The van der Waals surface area contributed by atoms with Crippen LogP contribution in [-0.4, -0.2) is 59.5 Å². The normalized spacial score (nSPS) is 15.4. The molecule has 0 saturated carbocycles. The molecule has 3 N–H and O–H groups in total. The van der Waals surface area contributed by atoms with Gasteiger partial charge in [-0.05, 0) is 5.92 Å². The standard InChI is InChI=1S/C12H23NO5S/c1-4-8(2)11(12(17)18-3)13-10(16)7-19-6-9(15)5-14/h8-9,11,14-15H,4-7H2,1-3H3,(H,13,16). The summed E-state index contributed by atoms with van der Waals surface area (Å²) < 4.78 is 4.66. The quantitative estimate of drug-likeness (QED) is 0.509. The van der Waals surface area contributed by atoms with Crippen molar-refractivity contribution >= 4 is 23.6 Å². The molecule has 1 amide bonds. The molecule has 3 unspecified atom stereocenters. The lowest BCUT2D eigenvalue weighted by molar-refractivity contribution is -0.146. The van der Waals surface area contributed by atoms with Gasteiger partial charge in [-0.1, -0.05) is 20.3 Å². The molecule has 0 aromatic rings. The van der Waals surface area contributed by atoms with Gasteiger partial charge in [0.1, 0.15) is 6.04 Å². The average molecular weight is 293 g/mol. The Bertz CT molecular complexity index is 287. The second kappa shape index (κ2) is 10.1. The summed E-state index contributed by atoms with van der Waals surface area (Å²) in [6.45, 7) is 3.47. The zero-order valence-corrected chi connectivity index (χ0v) is 12.4. The van der Waals surface area contributed by atoms with Crippen LogP contribution in [0.2, 0.25) is 0 Å². The van der Waals surface area contributed by atoms with Gasteiger partial charge in [0, 0.05) is 5.75 Å². The first-order chi connectivity index (χ1) is 8.96. The second-order valence-electron chi connectivity index (χ2n) is 4.31. The minimum atomic E-state index is -0.830. The number of hydrogen-bond acceptors (Lipinski definition) is 6. The Balaban J connectivity index is 4.20. The summed E-state index contributed by atoms with van der Waals surface area (Å²) in [6, 6.07) is -0.647. The zero-order valence-electron chi connectivity index (χ0n) is 11.6. The van der Waals surface area contributed by atoms with Gasteiger partial charge in [0.05, 0.1) is 25.6 Å². The Hall–Kier alpha value is -0.790. The van der Waals surface area contributed by atoms with Crippen LogP contribution in [0.4, 0.5) is 0 Å². The van der Waals surface area contributed by atoms with Gasteiger partial charge in [-0.15, -0.1) is 11.8 Å². The lowest BCUT2D eigenvalue weighted by atomic mass is 9.99. The molecule has 0 aliphatic heterocycles. The van der Waals surface area contributed by atoms with E-state index < -0.39 is 18.1 Å². The van der Waals surface area contributed by atoms with E-state index in [1.165, 1.54) is 18.9 Å². The van der Waals surface area contributed by atoms with Gasteiger partial charge in [-0.25, -0.2) is 4.79 Å². The largest absolute Gasteiger partial charge is 0.467 e. The van der Waals surface area contributed by atoms with E-state index in [1.54, 1.807) is 0 Å². The number of amides is 1. The highest BCUT2D eigenvalue weighted by molar-refractivity contribution is 7.99. The number of carbonyl (C=O) groups is 2. The van der Waals surface area contributed by atoms with E-state index >= 15 is 0 Å². The van der Waals surface area contributed by atoms with Gasteiger partial charge >= 0.3 is 5.97 Å². The molecule has 0 rings (SSSR count). The van der Waals surface area contributed by atoms with E-state index in [9.17, 15) is 9.59 Å². The predicted molar refractivity (Wildman–Crippen MR) is 73.8 cm³/mol. The maximum atomic E-state index is 11.7. The van der Waals surface area contributed by atoms with Crippen LogP contribution in [0, 0.1) is 5.92 Å². The molecule has 0 aliphatic rings. The lowest BCUT2D eigenvalue weighted by Gasteiger charge is -2.21. The summed E-state index contributed by atoms with van der Waals surface area (Å²) in [7, 11) is 1.29. The monoisotopic (exact) mass is 293 g/mol. The highest BCUT2D eigenvalue weighted by Gasteiger charge is 2.26. The number of ether oxygens (including phenoxy) is 1. The smallest absolute Gasteiger partial charge is 0.328 e. The number of aliphatic hydroxyl groups is 2. The van der Waals surface area contributed by atoms with Crippen molar-refractivity contribution < 1.29 is 24.5 Å². The lowest BCUT2D eigenvalue weighted by Crippen LogP contribution is -2.46. The topological polar surface area (TPSA) is 95.9 Å². The van der Waals surface area contributed by atoms with Gasteiger partial charge in [0.15, 0.2) is 0 Å². The van der Waals surface area contributed by atoms with Crippen LogP contribution in [0.3, 0.4) is 0 Å². The van der Waals surface area contributed by atoms with Crippen LogP contribution >= 0.6 is 11.8 Å². The van der Waals surface area contributed by atoms with Gasteiger partial charge in [0.2, 0.25) is 5.91 Å². The number of rotatable bonds is 9. The SMILES string of the molecule is CCC(C)C(NC(=O)CSCC(O)CO)C(=O)OC. The molecule has 0 aliphatic carbocycles. The van der Waals surface area contributed by atoms with Crippen molar-refractivity contribution in [1.82, 2.24) is 5.32 Å². The molecule has 0 spiro atoms. The first kappa shape index (κ1) is 18.2. The van der Waals surface area contributed by atoms with Crippen LogP contribution in [0.1, 0.15) is 20.3 Å². The molecule has 0 fully saturated rings. The van der Waals surface area contributed by atoms with E-state index in [4.69, 9.17) is 10.2 Å². The third-order valence-corrected chi connectivity index (χ3v) is 3.83. The molecular weight excluding hydrogens is 270 g/mol. The van der Waals surface area contributed by atoms with E-state index in [-0.39, 0.29) is 29.9 Å². The number of esters is 1. The number of thioether (sulfide) groups is 1. The molecule has 0 saturated heterocycles. The molecular formula is C12H23NO5S. The number of hydrogen-bond donors (Lipinski definition) is 3. The highest BCUT2D eigenvalue weighted by Crippen LogP contribution is 2.10. The minimum Gasteiger partial charge on any atom is -0.467 e. The number of carbonyl (C=O) groups excluding carboxylic acids is 2. The molecule has 19 heavy (non-hydrogen) atoms.